The molecule has 4 heteroatoms. The molecule has 0 atom stereocenters. The number of halogens is 1. The van der Waals surface area contributed by atoms with Crippen LogP contribution in [-0.4, -0.2) is 9.97 Å². The summed E-state index contributed by atoms with van der Waals surface area (Å²) in [6.07, 6.45) is 3.61. The largest absolute Gasteiger partial charge is 0.340 e. The van der Waals surface area contributed by atoms with Gasteiger partial charge in [0.05, 0.1) is 5.52 Å². The van der Waals surface area contributed by atoms with Gasteiger partial charge in [0.15, 0.2) is 0 Å². The van der Waals surface area contributed by atoms with Gasteiger partial charge in [-0.05, 0) is 66.3 Å². The maximum atomic E-state index is 6.02. The minimum Gasteiger partial charge on any atom is -0.340 e. The molecule has 0 spiro atoms. The first-order valence-corrected chi connectivity index (χ1v) is 7.48. The van der Waals surface area contributed by atoms with Crippen LogP contribution in [0.3, 0.4) is 0 Å². The van der Waals surface area contributed by atoms with Crippen molar-refractivity contribution in [1.82, 2.24) is 9.97 Å². The third kappa shape index (κ3) is 2.34. The third-order valence-corrected chi connectivity index (χ3v) is 4.11. The molecule has 1 aromatic heterocycles. The summed E-state index contributed by atoms with van der Waals surface area (Å²) in [6, 6.07) is 14.4. The maximum Gasteiger partial charge on any atom is 0.224 e. The van der Waals surface area contributed by atoms with Crippen molar-refractivity contribution in [3.8, 4) is 0 Å². The molecule has 0 saturated heterocycles. The molecular weight excluding hydrogens is 282 g/mol. The van der Waals surface area contributed by atoms with E-state index >= 15 is 0 Å². The van der Waals surface area contributed by atoms with Crippen LogP contribution in [-0.2, 0) is 12.8 Å². The summed E-state index contributed by atoms with van der Waals surface area (Å²) in [7, 11) is 0. The molecule has 1 N–H and O–H groups in total. The van der Waals surface area contributed by atoms with Crippen molar-refractivity contribution in [2.45, 2.75) is 19.3 Å². The Morgan fingerprint density at radius 1 is 0.952 bits per heavy atom. The summed E-state index contributed by atoms with van der Waals surface area (Å²) in [5, 5.41) is 4.62. The molecule has 1 aliphatic carbocycles. The van der Waals surface area contributed by atoms with Gasteiger partial charge in [-0.15, -0.1) is 0 Å². The van der Waals surface area contributed by atoms with Gasteiger partial charge in [-0.25, -0.2) is 4.98 Å². The first-order chi connectivity index (χ1) is 10.3. The number of rotatable bonds is 2. The standard InChI is InChI=1S/C17H14ClN3/c18-17-20-15-7-2-1-6-14(15)16(21-17)19-13-9-8-11-4-3-5-12(11)10-13/h1-2,6-10H,3-5H2,(H,19,20,21). The molecule has 0 radical (unpaired) electrons. The highest BCUT2D eigenvalue weighted by atomic mass is 35.5. The molecule has 1 heterocycles. The Hall–Kier alpha value is -2.13. The Bertz CT molecular complexity index is 829. The lowest BCUT2D eigenvalue weighted by Gasteiger charge is -2.10. The first-order valence-electron chi connectivity index (χ1n) is 7.11. The molecule has 0 saturated carbocycles. The molecule has 104 valence electrons. The molecule has 0 aliphatic heterocycles. The molecular formula is C17H14ClN3. The van der Waals surface area contributed by atoms with Crippen molar-refractivity contribution in [1.29, 1.82) is 0 Å². The van der Waals surface area contributed by atoms with E-state index in [1.54, 1.807) is 0 Å². The van der Waals surface area contributed by atoms with Crippen LogP contribution in [0.15, 0.2) is 42.5 Å². The van der Waals surface area contributed by atoms with Crippen molar-refractivity contribution >= 4 is 34.0 Å². The minimum atomic E-state index is 0.261. The minimum absolute atomic E-state index is 0.261. The van der Waals surface area contributed by atoms with Crippen LogP contribution in [0.25, 0.3) is 10.9 Å². The number of benzene rings is 2. The van der Waals surface area contributed by atoms with Gasteiger partial charge >= 0.3 is 0 Å². The highest BCUT2D eigenvalue weighted by molar-refractivity contribution is 6.28. The van der Waals surface area contributed by atoms with E-state index in [4.69, 9.17) is 11.6 Å². The monoisotopic (exact) mass is 295 g/mol. The molecule has 0 bridgehead atoms. The topological polar surface area (TPSA) is 37.8 Å². The van der Waals surface area contributed by atoms with Crippen molar-refractivity contribution < 1.29 is 0 Å². The molecule has 4 rings (SSSR count). The van der Waals surface area contributed by atoms with Crippen LogP contribution in [0, 0.1) is 0 Å². The van der Waals surface area contributed by atoms with Gasteiger partial charge in [0.2, 0.25) is 5.28 Å². The predicted octanol–water partition coefficient (Wildman–Crippen LogP) is 4.52. The predicted molar refractivity (Wildman–Crippen MR) is 86.3 cm³/mol. The molecule has 2 aromatic carbocycles. The van der Waals surface area contributed by atoms with Gasteiger partial charge in [-0.1, -0.05) is 18.2 Å². The zero-order valence-electron chi connectivity index (χ0n) is 11.4. The number of aryl methyl sites for hydroxylation is 2. The first kappa shape index (κ1) is 12.6. The summed E-state index contributed by atoms with van der Waals surface area (Å²) >= 11 is 6.02. The molecule has 21 heavy (non-hydrogen) atoms. The second kappa shape index (κ2) is 5.01. The fourth-order valence-corrected chi connectivity index (χ4v) is 3.11. The van der Waals surface area contributed by atoms with Crippen molar-refractivity contribution in [3.05, 3.63) is 58.9 Å². The van der Waals surface area contributed by atoms with Crippen molar-refractivity contribution in [2.24, 2.45) is 0 Å². The SMILES string of the molecule is Clc1nc(Nc2ccc3c(c2)CCC3)c2ccccc2n1. The second-order valence-corrected chi connectivity index (χ2v) is 5.66. The van der Waals surface area contributed by atoms with E-state index in [1.807, 2.05) is 24.3 Å². The highest BCUT2D eigenvalue weighted by Crippen LogP contribution is 2.29. The highest BCUT2D eigenvalue weighted by Gasteiger charge is 2.12. The number of fused-ring (bicyclic) bond motifs is 2. The van der Waals surface area contributed by atoms with Crippen LogP contribution >= 0.6 is 11.6 Å². The number of anilines is 2. The van der Waals surface area contributed by atoms with Crippen LogP contribution in [0.5, 0.6) is 0 Å². The van der Waals surface area contributed by atoms with Crippen LogP contribution < -0.4 is 5.32 Å². The van der Waals surface area contributed by atoms with E-state index in [9.17, 15) is 0 Å². The van der Waals surface area contributed by atoms with Gasteiger partial charge in [-0.3, -0.25) is 0 Å². The van der Waals surface area contributed by atoms with Crippen molar-refractivity contribution in [3.63, 3.8) is 0 Å². The third-order valence-electron chi connectivity index (χ3n) is 3.94. The Balaban J connectivity index is 1.77. The van der Waals surface area contributed by atoms with Crippen LogP contribution in [0.1, 0.15) is 17.5 Å². The van der Waals surface area contributed by atoms with Gasteiger partial charge in [0.1, 0.15) is 5.82 Å². The molecule has 0 fully saturated rings. The van der Waals surface area contributed by atoms with E-state index < -0.39 is 0 Å². The molecule has 3 aromatic rings. The number of aromatic nitrogens is 2. The Kier molecular flexibility index (Phi) is 3.00. The van der Waals surface area contributed by atoms with Gasteiger partial charge < -0.3 is 5.32 Å². The lowest BCUT2D eigenvalue weighted by atomic mass is 10.1. The molecule has 1 aliphatic rings. The summed E-state index contributed by atoms with van der Waals surface area (Å²) in [5.41, 5.74) is 4.80. The quantitative estimate of drug-likeness (QED) is 0.707. The number of hydrogen-bond donors (Lipinski definition) is 1. The van der Waals surface area contributed by atoms with Crippen LogP contribution in [0.2, 0.25) is 5.28 Å². The normalized spacial score (nSPS) is 13.4. The lowest BCUT2D eigenvalue weighted by molar-refractivity contribution is 0.912. The van der Waals surface area contributed by atoms with E-state index in [2.05, 4.69) is 33.5 Å². The average Bonchev–Trinajstić information content (AvgIpc) is 2.94. The summed E-state index contributed by atoms with van der Waals surface area (Å²) in [4.78, 5) is 8.58. The molecule has 0 amide bonds. The fraction of sp³-hybridized carbons (Fsp3) is 0.176. The summed E-state index contributed by atoms with van der Waals surface area (Å²) < 4.78 is 0. The Morgan fingerprint density at radius 2 is 1.81 bits per heavy atom. The number of hydrogen-bond acceptors (Lipinski definition) is 3. The number of nitrogens with one attached hydrogen (secondary N) is 1. The Morgan fingerprint density at radius 3 is 2.76 bits per heavy atom. The van der Waals surface area contributed by atoms with Gasteiger partial charge in [0, 0.05) is 11.1 Å². The van der Waals surface area contributed by atoms with Crippen molar-refractivity contribution in [2.75, 3.05) is 5.32 Å². The summed E-state index contributed by atoms with van der Waals surface area (Å²) in [6.45, 7) is 0. The maximum absolute atomic E-state index is 6.02. The molecule has 0 unspecified atom stereocenters. The number of nitrogens with zero attached hydrogens (tertiary/aromatic N) is 2. The zero-order valence-corrected chi connectivity index (χ0v) is 12.2. The van der Waals surface area contributed by atoms with E-state index in [0.717, 1.165) is 28.8 Å². The smallest absolute Gasteiger partial charge is 0.224 e. The summed E-state index contributed by atoms with van der Waals surface area (Å²) in [5.74, 6) is 0.753. The number of para-hydroxylation sites is 1. The zero-order chi connectivity index (χ0) is 14.2. The molecule has 3 nitrogen and oxygen atoms in total. The van der Waals surface area contributed by atoms with Gasteiger partial charge in [0.25, 0.3) is 0 Å². The van der Waals surface area contributed by atoms with E-state index in [1.165, 1.54) is 24.0 Å². The fourth-order valence-electron chi connectivity index (χ4n) is 2.93. The lowest BCUT2D eigenvalue weighted by Crippen LogP contribution is -1.98. The second-order valence-electron chi connectivity index (χ2n) is 5.32. The van der Waals surface area contributed by atoms with Gasteiger partial charge in [-0.2, -0.15) is 4.98 Å². The van der Waals surface area contributed by atoms with E-state index in [0.29, 0.717) is 0 Å². The van der Waals surface area contributed by atoms with E-state index in [-0.39, 0.29) is 5.28 Å². The van der Waals surface area contributed by atoms with Crippen LogP contribution in [0.4, 0.5) is 11.5 Å². The average molecular weight is 296 g/mol. The Labute approximate surface area is 128 Å².